The normalized spacial score (nSPS) is 16.6. The molecule has 0 radical (unpaired) electrons. The number of aromatic nitrogens is 1. The zero-order chi connectivity index (χ0) is 13.8. The number of likely N-dealkylation sites (tertiary alicyclic amines) is 1. The van der Waals surface area contributed by atoms with Gasteiger partial charge in [0, 0.05) is 25.8 Å². The molecule has 7 heteroatoms. The van der Waals surface area contributed by atoms with Gasteiger partial charge < -0.3 is 19.3 Å². The molecule has 1 fully saturated rings. The van der Waals surface area contributed by atoms with Crippen LogP contribution in [0.3, 0.4) is 0 Å². The molecule has 1 aromatic rings. The molecule has 7 nitrogen and oxygen atoms in total. The van der Waals surface area contributed by atoms with Gasteiger partial charge in [0.15, 0.2) is 5.69 Å². The summed E-state index contributed by atoms with van der Waals surface area (Å²) < 4.78 is 10.1. The van der Waals surface area contributed by atoms with Crippen LogP contribution in [-0.4, -0.2) is 52.8 Å². The highest BCUT2D eigenvalue weighted by molar-refractivity contribution is 5.94. The van der Waals surface area contributed by atoms with Crippen molar-refractivity contribution in [3.8, 4) is 0 Å². The van der Waals surface area contributed by atoms with Crippen molar-refractivity contribution >= 4 is 11.9 Å². The van der Waals surface area contributed by atoms with Gasteiger partial charge in [-0.25, -0.2) is 4.79 Å². The second-order valence-electron chi connectivity index (χ2n) is 4.33. The van der Waals surface area contributed by atoms with E-state index in [0.717, 1.165) is 18.9 Å². The number of aromatic carboxylic acids is 1. The van der Waals surface area contributed by atoms with Crippen LogP contribution >= 0.6 is 0 Å². The first-order valence-electron chi connectivity index (χ1n) is 6.22. The quantitative estimate of drug-likeness (QED) is 0.876. The molecule has 2 rings (SSSR count). The van der Waals surface area contributed by atoms with E-state index in [1.165, 1.54) is 0 Å². The Morgan fingerprint density at radius 2 is 2.21 bits per heavy atom. The van der Waals surface area contributed by atoms with Crippen LogP contribution in [0.1, 0.15) is 40.8 Å². The molecule has 104 valence electrons. The summed E-state index contributed by atoms with van der Waals surface area (Å²) in [6.45, 7) is 3.78. The second-order valence-corrected chi connectivity index (χ2v) is 4.33. The van der Waals surface area contributed by atoms with Crippen molar-refractivity contribution < 1.29 is 24.0 Å². The van der Waals surface area contributed by atoms with E-state index in [1.807, 2.05) is 6.92 Å². The molecule has 0 spiro atoms. The number of carbonyl (C=O) groups excluding carboxylic acids is 1. The first kappa shape index (κ1) is 13.5. The van der Waals surface area contributed by atoms with Gasteiger partial charge in [0.2, 0.25) is 5.76 Å². The van der Waals surface area contributed by atoms with Crippen molar-refractivity contribution in [1.29, 1.82) is 0 Å². The van der Waals surface area contributed by atoms with Crippen LogP contribution in [0.25, 0.3) is 0 Å². The summed E-state index contributed by atoms with van der Waals surface area (Å²) in [6, 6.07) is 1.15. The molecular weight excluding hydrogens is 252 g/mol. The lowest BCUT2D eigenvalue weighted by Gasteiger charge is -2.31. The van der Waals surface area contributed by atoms with Gasteiger partial charge in [-0.05, 0) is 19.8 Å². The third-order valence-corrected chi connectivity index (χ3v) is 3.07. The van der Waals surface area contributed by atoms with Crippen LogP contribution in [0.4, 0.5) is 0 Å². The van der Waals surface area contributed by atoms with E-state index in [1.54, 1.807) is 4.90 Å². The Balaban J connectivity index is 1.95. The van der Waals surface area contributed by atoms with Crippen molar-refractivity contribution in [3.05, 3.63) is 17.5 Å². The van der Waals surface area contributed by atoms with Gasteiger partial charge >= 0.3 is 5.97 Å². The fourth-order valence-corrected chi connectivity index (χ4v) is 2.10. The summed E-state index contributed by atoms with van der Waals surface area (Å²) in [4.78, 5) is 24.4. The molecule has 19 heavy (non-hydrogen) atoms. The number of carbonyl (C=O) groups is 2. The lowest BCUT2D eigenvalue weighted by molar-refractivity contribution is 0.0143. The molecule has 1 amide bonds. The summed E-state index contributed by atoms with van der Waals surface area (Å²) in [6.07, 6.45) is 1.76. The molecular formula is C12H16N2O5. The second kappa shape index (κ2) is 5.83. The Bertz CT molecular complexity index is 462. The number of carboxylic acid groups (broad SMARTS) is 1. The number of carboxylic acids is 1. The SMILES string of the molecule is CCOC1CCN(C(=O)c2cc(C(=O)O)on2)CC1. The highest BCUT2D eigenvalue weighted by Crippen LogP contribution is 2.16. The third kappa shape index (κ3) is 3.11. The summed E-state index contributed by atoms with van der Waals surface area (Å²) >= 11 is 0. The molecule has 0 unspecified atom stereocenters. The summed E-state index contributed by atoms with van der Waals surface area (Å²) in [5, 5.41) is 12.2. The molecule has 0 atom stereocenters. The minimum Gasteiger partial charge on any atom is -0.475 e. The van der Waals surface area contributed by atoms with Crippen molar-refractivity contribution in [2.45, 2.75) is 25.9 Å². The predicted octanol–water partition coefficient (Wildman–Crippen LogP) is 1.01. The Morgan fingerprint density at radius 1 is 1.53 bits per heavy atom. The molecule has 0 aromatic carbocycles. The third-order valence-electron chi connectivity index (χ3n) is 3.07. The molecule has 0 saturated carbocycles. The molecule has 1 aromatic heterocycles. The molecule has 1 aliphatic heterocycles. The maximum Gasteiger partial charge on any atom is 0.374 e. The van der Waals surface area contributed by atoms with Crippen LogP contribution in [-0.2, 0) is 4.74 Å². The van der Waals surface area contributed by atoms with Gasteiger partial charge in [0.25, 0.3) is 5.91 Å². The lowest BCUT2D eigenvalue weighted by Crippen LogP contribution is -2.41. The topological polar surface area (TPSA) is 92.9 Å². The number of piperidine rings is 1. The molecule has 1 aliphatic rings. The van der Waals surface area contributed by atoms with Crippen LogP contribution in [0.15, 0.2) is 10.6 Å². The van der Waals surface area contributed by atoms with E-state index in [2.05, 4.69) is 9.68 Å². The lowest BCUT2D eigenvalue weighted by atomic mass is 10.1. The summed E-state index contributed by atoms with van der Waals surface area (Å²) in [5.74, 6) is -1.86. The van der Waals surface area contributed by atoms with E-state index in [9.17, 15) is 9.59 Å². The highest BCUT2D eigenvalue weighted by atomic mass is 16.5. The van der Waals surface area contributed by atoms with E-state index in [-0.39, 0.29) is 23.5 Å². The smallest absolute Gasteiger partial charge is 0.374 e. The average Bonchev–Trinajstić information content (AvgIpc) is 2.89. The number of ether oxygens (including phenoxy) is 1. The maximum absolute atomic E-state index is 12.1. The summed E-state index contributed by atoms with van der Waals surface area (Å²) in [7, 11) is 0. The molecule has 0 aliphatic carbocycles. The zero-order valence-corrected chi connectivity index (χ0v) is 10.7. The molecule has 2 heterocycles. The maximum atomic E-state index is 12.1. The van der Waals surface area contributed by atoms with Gasteiger partial charge in [-0.3, -0.25) is 4.79 Å². The largest absolute Gasteiger partial charge is 0.475 e. The highest BCUT2D eigenvalue weighted by Gasteiger charge is 2.26. The van der Waals surface area contributed by atoms with E-state index < -0.39 is 5.97 Å². The Labute approximate surface area is 110 Å². The minimum absolute atomic E-state index is 0.0345. The number of hydrogen-bond donors (Lipinski definition) is 1. The predicted molar refractivity (Wildman–Crippen MR) is 64.0 cm³/mol. The van der Waals surface area contributed by atoms with Crippen LogP contribution < -0.4 is 0 Å². The van der Waals surface area contributed by atoms with Gasteiger partial charge in [-0.1, -0.05) is 5.16 Å². The van der Waals surface area contributed by atoms with Crippen molar-refractivity contribution in [1.82, 2.24) is 10.1 Å². The van der Waals surface area contributed by atoms with Gasteiger partial charge in [0.1, 0.15) is 0 Å². The fraction of sp³-hybridized carbons (Fsp3) is 0.583. The first-order valence-corrected chi connectivity index (χ1v) is 6.22. The zero-order valence-electron chi connectivity index (χ0n) is 10.7. The van der Waals surface area contributed by atoms with E-state index in [0.29, 0.717) is 19.7 Å². The summed E-state index contributed by atoms with van der Waals surface area (Å²) in [5.41, 5.74) is 0.0345. The monoisotopic (exact) mass is 268 g/mol. The number of rotatable bonds is 4. The Morgan fingerprint density at radius 3 is 2.74 bits per heavy atom. The van der Waals surface area contributed by atoms with Crippen LogP contribution in [0, 0.1) is 0 Å². The van der Waals surface area contributed by atoms with Crippen LogP contribution in [0.2, 0.25) is 0 Å². The van der Waals surface area contributed by atoms with Crippen LogP contribution in [0.5, 0.6) is 0 Å². The Hall–Kier alpha value is -1.89. The molecule has 1 N–H and O–H groups in total. The molecule has 1 saturated heterocycles. The van der Waals surface area contributed by atoms with Crippen molar-refractivity contribution in [2.75, 3.05) is 19.7 Å². The first-order chi connectivity index (χ1) is 9.11. The van der Waals surface area contributed by atoms with Crippen molar-refractivity contribution in [3.63, 3.8) is 0 Å². The Kier molecular flexibility index (Phi) is 4.16. The average molecular weight is 268 g/mol. The molecule has 0 bridgehead atoms. The number of amides is 1. The van der Waals surface area contributed by atoms with Gasteiger partial charge in [0.05, 0.1) is 6.10 Å². The van der Waals surface area contributed by atoms with Crippen molar-refractivity contribution in [2.24, 2.45) is 0 Å². The van der Waals surface area contributed by atoms with Gasteiger partial charge in [-0.2, -0.15) is 0 Å². The minimum atomic E-state index is -1.23. The van der Waals surface area contributed by atoms with E-state index in [4.69, 9.17) is 9.84 Å². The number of nitrogens with zero attached hydrogens (tertiary/aromatic N) is 2. The number of hydrogen-bond acceptors (Lipinski definition) is 5. The fourth-order valence-electron chi connectivity index (χ4n) is 2.10. The standard InChI is InChI=1S/C12H16N2O5/c1-2-18-8-3-5-14(6-4-8)11(15)9-7-10(12(16)17)19-13-9/h7-8H,2-6H2,1H3,(H,16,17). The van der Waals surface area contributed by atoms with Gasteiger partial charge in [-0.15, -0.1) is 0 Å². The van der Waals surface area contributed by atoms with E-state index >= 15 is 0 Å².